The van der Waals surface area contributed by atoms with Gasteiger partial charge in [-0.1, -0.05) is 31.5 Å². The number of rotatable bonds is 5. The largest absolute Gasteiger partial charge is 0.375 e. The molecule has 1 amide bonds. The van der Waals surface area contributed by atoms with E-state index in [2.05, 4.69) is 4.72 Å². The predicted molar refractivity (Wildman–Crippen MR) is 92.1 cm³/mol. The van der Waals surface area contributed by atoms with Crippen LogP contribution in [-0.4, -0.2) is 51.1 Å². The van der Waals surface area contributed by atoms with E-state index >= 15 is 0 Å². The Labute approximate surface area is 144 Å². The van der Waals surface area contributed by atoms with Gasteiger partial charge in [0.2, 0.25) is 15.9 Å². The summed E-state index contributed by atoms with van der Waals surface area (Å²) in [5, 5.41) is 0. The summed E-state index contributed by atoms with van der Waals surface area (Å²) in [5.41, 5.74) is 0.979. The van der Waals surface area contributed by atoms with Crippen molar-refractivity contribution in [2.75, 3.05) is 19.7 Å². The number of nitrogens with zero attached hydrogens (tertiary/aromatic N) is 1. The Morgan fingerprint density at radius 1 is 1.29 bits per heavy atom. The Kier molecular flexibility index (Phi) is 6.01. The molecule has 1 aliphatic rings. The maximum atomic E-state index is 12.8. The van der Waals surface area contributed by atoms with Crippen LogP contribution in [0.25, 0.3) is 0 Å². The molecule has 1 fully saturated rings. The number of hydrogen-bond acceptors (Lipinski definition) is 4. The highest BCUT2D eigenvalue weighted by atomic mass is 32.2. The molecule has 7 heteroatoms. The Hall–Kier alpha value is -1.44. The van der Waals surface area contributed by atoms with Gasteiger partial charge in [0, 0.05) is 13.1 Å². The summed E-state index contributed by atoms with van der Waals surface area (Å²) in [6.07, 6.45) is -0.0378. The van der Waals surface area contributed by atoms with Crippen LogP contribution in [0, 0.1) is 12.8 Å². The quantitative estimate of drug-likeness (QED) is 0.870. The molecule has 134 valence electrons. The number of carbonyl (C=O) groups is 1. The number of hydrogen-bond donors (Lipinski definition) is 1. The lowest BCUT2D eigenvalue weighted by atomic mass is 10.0. The molecule has 2 rings (SSSR count). The van der Waals surface area contributed by atoms with E-state index in [-0.39, 0.29) is 22.8 Å². The molecule has 1 aromatic rings. The van der Waals surface area contributed by atoms with Crippen LogP contribution in [0.3, 0.4) is 0 Å². The number of amides is 1. The number of aryl methyl sites for hydroxylation is 1. The molecular formula is C17H26N2O4S. The smallest absolute Gasteiger partial charge is 0.241 e. The standard InChI is InChI=1S/C17H26N2O4S/c1-12(2)16(17(20)19-9-10-23-14(4)11-19)18-24(21,22)15-7-5-13(3)6-8-15/h5-8,12,14,16,18H,9-11H2,1-4H3/t14-,16-/m0/s1. The third kappa shape index (κ3) is 4.55. The van der Waals surface area contributed by atoms with Crippen LogP contribution in [0.15, 0.2) is 29.2 Å². The van der Waals surface area contributed by atoms with Gasteiger partial charge >= 0.3 is 0 Å². The normalized spacial score (nSPS) is 20.2. The molecule has 6 nitrogen and oxygen atoms in total. The minimum absolute atomic E-state index is 0.0378. The maximum absolute atomic E-state index is 12.8. The van der Waals surface area contributed by atoms with Crippen molar-refractivity contribution in [3.8, 4) is 0 Å². The van der Waals surface area contributed by atoms with Gasteiger partial charge in [0.05, 0.1) is 17.6 Å². The first-order valence-electron chi connectivity index (χ1n) is 8.20. The van der Waals surface area contributed by atoms with E-state index in [4.69, 9.17) is 4.74 Å². The highest BCUT2D eigenvalue weighted by Crippen LogP contribution is 2.16. The van der Waals surface area contributed by atoms with Crippen LogP contribution in [0.2, 0.25) is 0 Å². The Bertz CT molecular complexity index is 670. The number of morpholine rings is 1. The number of ether oxygens (including phenoxy) is 1. The van der Waals surface area contributed by atoms with E-state index in [0.717, 1.165) is 5.56 Å². The fraction of sp³-hybridized carbons (Fsp3) is 0.588. The third-order valence-electron chi connectivity index (χ3n) is 4.10. The van der Waals surface area contributed by atoms with Gasteiger partial charge in [-0.15, -0.1) is 0 Å². The lowest BCUT2D eigenvalue weighted by Crippen LogP contribution is -2.55. The molecule has 0 bridgehead atoms. The summed E-state index contributed by atoms with van der Waals surface area (Å²) in [7, 11) is -3.75. The summed E-state index contributed by atoms with van der Waals surface area (Å²) in [5.74, 6) is -0.355. The fourth-order valence-electron chi connectivity index (χ4n) is 2.64. The molecule has 1 N–H and O–H groups in total. The first kappa shape index (κ1) is 18.9. The van der Waals surface area contributed by atoms with E-state index in [0.29, 0.717) is 19.7 Å². The zero-order valence-electron chi connectivity index (χ0n) is 14.7. The van der Waals surface area contributed by atoms with Gasteiger partial charge in [-0.3, -0.25) is 4.79 Å². The summed E-state index contributed by atoms with van der Waals surface area (Å²) >= 11 is 0. The molecular weight excluding hydrogens is 328 g/mol. The van der Waals surface area contributed by atoms with Gasteiger partial charge in [-0.2, -0.15) is 4.72 Å². The second-order valence-corrected chi connectivity index (χ2v) is 8.34. The minimum Gasteiger partial charge on any atom is -0.375 e. The molecule has 0 aromatic heterocycles. The molecule has 0 radical (unpaired) electrons. The molecule has 0 unspecified atom stereocenters. The van der Waals surface area contributed by atoms with Crippen LogP contribution >= 0.6 is 0 Å². The topological polar surface area (TPSA) is 75.7 Å². The molecule has 1 heterocycles. The van der Waals surface area contributed by atoms with Crippen molar-refractivity contribution in [1.29, 1.82) is 0 Å². The van der Waals surface area contributed by atoms with Gasteiger partial charge in [0.1, 0.15) is 6.04 Å². The molecule has 1 aliphatic heterocycles. The highest BCUT2D eigenvalue weighted by molar-refractivity contribution is 7.89. The lowest BCUT2D eigenvalue weighted by molar-refractivity contribution is -0.141. The Morgan fingerprint density at radius 3 is 2.46 bits per heavy atom. The number of nitrogens with one attached hydrogen (secondary N) is 1. The van der Waals surface area contributed by atoms with Gasteiger partial charge < -0.3 is 9.64 Å². The molecule has 0 saturated carbocycles. The highest BCUT2D eigenvalue weighted by Gasteiger charge is 2.33. The van der Waals surface area contributed by atoms with Crippen molar-refractivity contribution in [2.45, 2.75) is 44.7 Å². The van der Waals surface area contributed by atoms with Crippen LogP contribution in [0.1, 0.15) is 26.3 Å². The van der Waals surface area contributed by atoms with Crippen LogP contribution in [-0.2, 0) is 19.6 Å². The second-order valence-electron chi connectivity index (χ2n) is 6.62. The van der Waals surface area contributed by atoms with E-state index < -0.39 is 16.1 Å². The SMILES string of the molecule is Cc1ccc(S(=O)(=O)N[C@H](C(=O)N2CCO[C@@H](C)C2)C(C)C)cc1. The number of carbonyl (C=O) groups excluding carboxylic acids is 1. The zero-order chi connectivity index (χ0) is 17.9. The average molecular weight is 354 g/mol. The first-order chi connectivity index (χ1) is 11.2. The van der Waals surface area contributed by atoms with E-state index in [1.807, 2.05) is 27.7 Å². The first-order valence-corrected chi connectivity index (χ1v) is 9.68. The van der Waals surface area contributed by atoms with E-state index in [9.17, 15) is 13.2 Å². The second kappa shape index (κ2) is 7.63. The van der Waals surface area contributed by atoms with Crippen LogP contribution in [0.5, 0.6) is 0 Å². The van der Waals surface area contributed by atoms with Crippen molar-refractivity contribution >= 4 is 15.9 Å². The van der Waals surface area contributed by atoms with Crippen molar-refractivity contribution in [3.63, 3.8) is 0 Å². The van der Waals surface area contributed by atoms with Crippen molar-refractivity contribution in [3.05, 3.63) is 29.8 Å². The van der Waals surface area contributed by atoms with E-state index in [1.165, 1.54) is 0 Å². The molecule has 1 saturated heterocycles. The summed E-state index contributed by atoms with van der Waals surface area (Å²) in [6, 6.07) is 5.79. The third-order valence-corrected chi connectivity index (χ3v) is 5.56. The van der Waals surface area contributed by atoms with Crippen molar-refractivity contribution < 1.29 is 17.9 Å². The zero-order valence-corrected chi connectivity index (χ0v) is 15.5. The summed E-state index contributed by atoms with van der Waals surface area (Å²) < 4.78 is 33.2. The fourth-order valence-corrected chi connectivity index (χ4v) is 3.98. The van der Waals surface area contributed by atoms with Crippen LogP contribution in [0.4, 0.5) is 0 Å². The van der Waals surface area contributed by atoms with Crippen molar-refractivity contribution in [1.82, 2.24) is 9.62 Å². The number of sulfonamides is 1. The van der Waals surface area contributed by atoms with Gasteiger partial charge in [0.25, 0.3) is 0 Å². The van der Waals surface area contributed by atoms with E-state index in [1.54, 1.807) is 29.2 Å². The minimum atomic E-state index is -3.75. The number of benzene rings is 1. The molecule has 24 heavy (non-hydrogen) atoms. The van der Waals surface area contributed by atoms with Gasteiger partial charge in [-0.25, -0.2) is 8.42 Å². The lowest BCUT2D eigenvalue weighted by Gasteiger charge is -2.34. The van der Waals surface area contributed by atoms with Gasteiger partial charge in [-0.05, 0) is 31.9 Å². The monoisotopic (exact) mass is 354 g/mol. The maximum Gasteiger partial charge on any atom is 0.241 e. The van der Waals surface area contributed by atoms with Crippen molar-refractivity contribution in [2.24, 2.45) is 5.92 Å². The summed E-state index contributed by atoms with van der Waals surface area (Å²) in [6.45, 7) is 8.91. The molecule has 0 spiro atoms. The Morgan fingerprint density at radius 2 is 1.92 bits per heavy atom. The molecule has 1 aromatic carbocycles. The average Bonchev–Trinajstić information content (AvgIpc) is 2.52. The predicted octanol–water partition coefficient (Wildman–Crippen LogP) is 1.55. The summed E-state index contributed by atoms with van der Waals surface area (Å²) in [4.78, 5) is 14.6. The van der Waals surface area contributed by atoms with Crippen LogP contribution < -0.4 is 4.72 Å². The Balaban J connectivity index is 2.18. The molecule has 2 atom stereocenters. The molecule has 0 aliphatic carbocycles. The van der Waals surface area contributed by atoms with Gasteiger partial charge in [0.15, 0.2) is 0 Å².